The summed E-state index contributed by atoms with van der Waals surface area (Å²) in [5.74, 6) is 1.45. The van der Waals surface area contributed by atoms with E-state index in [9.17, 15) is 4.79 Å². The van der Waals surface area contributed by atoms with Crippen molar-refractivity contribution in [1.29, 1.82) is 0 Å². The fourth-order valence-electron chi connectivity index (χ4n) is 2.71. The van der Waals surface area contributed by atoms with Gasteiger partial charge in [-0.2, -0.15) is 0 Å². The lowest BCUT2D eigenvalue weighted by Crippen LogP contribution is -2.52. The molecule has 126 valence electrons. The Bertz CT molecular complexity index is 667. The van der Waals surface area contributed by atoms with Gasteiger partial charge in [0.15, 0.2) is 6.10 Å². The molecule has 1 fully saturated rings. The van der Waals surface area contributed by atoms with Gasteiger partial charge in [0.1, 0.15) is 5.75 Å². The van der Waals surface area contributed by atoms with Gasteiger partial charge in [-0.15, -0.1) is 0 Å². The normalized spacial score (nSPS) is 15.9. The van der Waals surface area contributed by atoms with Crippen molar-refractivity contribution in [3.05, 3.63) is 48.3 Å². The van der Waals surface area contributed by atoms with Crippen LogP contribution in [0.5, 0.6) is 5.75 Å². The molecular formula is C18H22N4O2. The van der Waals surface area contributed by atoms with Crippen molar-refractivity contribution >= 4 is 11.9 Å². The van der Waals surface area contributed by atoms with Crippen LogP contribution in [-0.4, -0.2) is 53.1 Å². The van der Waals surface area contributed by atoms with Gasteiger partial charge in [-0.1, -0.05) is 17.7 Å². The number of benzene rings is 1. The molecule has 6 nitrogen and oxygen atoms in total. The minimum absolute atomic E-state index is 0.0178. The Morgan fingerprint density at radius 3 is 2.33 bits per heavy atom. The maximum Gasteiger partial charge on any atom is 0.263 e. The molecule has 24 heavy (non-hydrogen) atoms. The average molecular weight is 326 g/mol. The van der Waals surface area contributed by atoms with Crippen molar-refractivity contribution in [3.63, 3.8) is 0 Å². The number of hydrogen-bond acceptors (Lipinski definition) is 5. The Morgan fingerprint density at radius 2 is 1.71 bits per heavy atom. The van der Waals surface area contributed by atoms with Crippen LogP contribution < -0.4 is 9.64 Å². The van der Waals surface area contributed by atoms with Gasteiger partial charge < -0.3 is 14.5 Å². The molecule has 0 N–H and O–H groups in total. The van der Waals surface area contributed by atoms with Gasteiger partial charge in [-0.25, -0.2) is 9.97 Å². The molecule has 0 spiro atoms. The zero-order chi connectivity index (χ0) is 16.9. The highest BCUT2D eigenvalue weighted by Crippen LogP contribution is 2.15. The van der Waals surface area contributed by atoms with Crippen LogP contribution in [0.4, 0.5) is 5.95 Å². The van der Waals surface area contributed by atoms with Crippen molar-refractivity contribution in [2.75, 3.05) is 31.1 Å². The third-order valence-corrected chi connectivity index (χ3v) is 4.11. The van der Waals surface area contributed by atoms with E-state index in [2.05, 4.69) is 14.9 Å². The zero-order valence-corrected chi connectivity index (χ0v) is 14.1. The number of nitrogens with zero attached hydrogens (tertiary/aromatic N) is 4. The minimum atomic E-state index is -0.493. The summed E-state index contributed by atoms with van der Waals surface area (Å²) in [6.45, 7) is 6.58. The standard InChI is InChI=1S/C18H22N4O2/c1-14-4-6-16(7-5-14)24-15(2)17(23)21-10-12-22(13-11-21)18-19-8-3-9-20-18/h3-9,15H,10-13H2,1-2H3. The Labute approximate surface area is 142 Å². The number of rotatable bonds is 4. The Morgan fingerprint density at radius 1 is 1.08 bits per heavy atom. The van der Waals surface area contributed by atoms with Crippen LogP contribution in [0.25, 0.3) is 0 Å². The molecule has 3 rings (SSSR count). The van der Waals surface area contributed by atoms with Gasteiger partial charge in [0.05, 0.1) is 0 Å². The second kappa shape index (κ2) is 7.29. The number of piperazine rings is 1. The number of aromatic nitrogens is 2. The van der Waals surface area contributed by atoms with Crippen LogP contribution in [0.3, 0.4) is 0 Å². The third kappa shape index (κ3) is 3.82. The number of anilines is 1. The topological polar surface area (TPSA) is 58.6 Å². The molecule has 1 unspecified atom stereocenters. The van der Waals surface area contributed by atoms with E-state index >= 15 is 0 Å². The molecule has 1 aromatic heterocycles. The SMILES string of the molecule is Cc1ccc(OC(C)C(=O)N2CCN(c3ncccn3)CC2)cc1. The van der Waals surface area contributed by atoms with Crippen molar-refractivity contribution in [2.24, 2.45) is 0 Å². The molecule has 1 aromatic carbocycles. The van der Waals surface area contributed by atoms with Crippen molar-refractivity contribution in [2.45, 2.75) is 20.0 Å². The predicted molar refractivity (Wildman–Crippen MR) is 92.1 cm³/mol. The monoisotopic (exact) mass is 326 g/mol. The molecule has 2 aromatic rings. The number of ether oxygens (including phenoxy) is 1. The van der Waals surface area contributed by atoms with Gasteiger partial charge in [0.25, 0.3) is 5.91 Å². The summed E-state index contributed by atoms with van der Waals surface area (Å²) in [5, 5.41) is 0. The van der Waals surface area contributed by atoms with E-state index in [1.165, 1.54) is 5.56 Å². The summed E-state index contributed by atoms with van der Waals surface area (Å²) in [5.41, 5.74) is 1.17. The van der Waals surface area contributed by atoms with Gasteiger partial charge >= 0.3 is 0 Å². The molecule has 2 heterocycles. The Hall–Kier alpha value is -2.63. The number of aryl methyl sites for hydroxylation is 1. The lowest BCUT2D eigenvalue weighted by molar-refractivity contribution is -0.138. The van der Waals surface area contributed by atoms with E-state index in [4.69, 9.17) is 4.74 Å². The number of carbonyl (C=O) groups excluding carboxylic acids is 1. The molecule has 1 aliphatic heterocycles. The van der Waals surface area contributed by atoms with E-state index in [0.717, 1.165) is 18.8 Å². The summed E-state index contributed by atoms with van der Waals surface area (Å²) in [6, 6.07) is 9.54. The Balaban J connectivity index is 1.53. The van der Waals surface area contributed by atoms with E-state index < -0.39 is 6.10 Å². The lowest BCUT2D eigenvalue weighted by Gasteiger charge is -2.35. The first-order chi connectivity index (χ1) is 11.6. The first-order valence-electron chi connectivity index (χ1n) is 8.17. The second-order valence-corrected chi connectivity index (χ2v) is 5.93. The smallest absolute Gasteiger partial charge is 0.263 e. The fraction of sp³-hybridized carbons (Fsp3) is 0.389. The maximum absolute atomic E-state index is 12.6. The van der Waals surface area contributed by atoms with E-state index in [-0.39, 0.29) is 5.91 Å². The summed E-state index contributed by atoms with van der Waals surface area (Å²) in [4.78, 5) is 25.0. The molecule has 0 bridgehead atoms. The first kappa shape index (κ1) is 16.2. The van der Waals surface area contributed by atoms with Gasteiger partial charge in [-0.3, -0.25) is 4.79 Å². The van der Waals surface area contributed by atoms with Gasteiger partial charge in [-0.05, 0) is 32.0 Å². The average Bonchev–Trinajstić information content (AvgIpc) is 2.64. The van der Waals surface area contributed by atoms with Crippen molar-refractivity contribution in [1.82, 2.24) is 14.9 Å². The third-order valence-electron chi connectivity index (χ3n) is 4.11. The molecule has 1 aliphatic rings. The molecule has 1 saturated heterocycles. The second-order valence-electron chi connectivity index (χ2n) is 5.93. The van der Waals surface area contributed by atoms with E-state index in [0.29, 0.717) is 19.0 Å². The molecular weight excluding hydrogens is 304 g/mol. The minimum Gasteiger partial charge on any atom is -0.481 e. The lowest BCUT2D eigenvalue weighted by atomic mass is 10.2. The van der Waals surface area contributed by atoms with Crippen LogP contribution in [0.2, 0.25) is 0 Å². The van der Waals surface area contributed by atoms with Gasteiger partial charge in [0, 0.05) is 38.6 Å². The van der Waals surface area contributed by atoms with Crippen LogP contribution in [-0.2, 0) is 4.79 Å². The molecule has 0 radical (unpaired) electrons. The van der Waals surface area contributed by atoms with E-state index in [1.54, 1.807) is 25.4 Å². The summed E-state index contributed by atoms with van der Waals surface area (Å²) in [6.07, 6.45) is 2.97. The quantitative estimate of drug-likeness (QED) is 0.859. The zero-order valence-electron chi connectivity index (χ0n) is 14.1. The maximum atomic E-state index is 12.6. The van der Waals surface area contributed by atoms with Crippen LogP contribution in [0, 0.1) is 6.92 Å². The number of hydrogen-bond donors (Lipinski definition) is 0. The van der Waals surface area contributed by atoms with E-state index in [1.807, 2.05) is 36.1 Å². The number of amides is 1. The Kier molecular flexibility index (Phi) is 4.93. The summed E-state index contributed by atoms with van der Waals surface area (Å²) < 4.78 is 5.77. The molecule has 0 aliphatic carbocycles. The highest BCUT2D eigenvalue weighted by atomic mass is 16.5. The first-order valence-corrected chi connectivity index (χ1v) is 8.17. The largest absolute Gasteiger partial charge is 0.481 e. The fourth-order valence-corrected chi connectivity index (χ4v) is 2.71. The molecule has 1 amide bonds. The van der Waals surface area contributed by atoms with Crippen molar-refractivity contribution < 1.29 is 9.53 Å². The number of carbonyl (C=O) groups is 1. The molecule has 6 heteroatoms. The van der Waals surface area contributed by atoms with Crippen LogP contribution in [0.15, 0.2) is 42.7 Å². The highest BCUT2D eigenvalue weighted by Gasteiger charge is 2.26. The van der Waals surface area contributed by atoms with Gasteiger partial charge in [0.2, 0.25) is 5.95 Å². The molecule has 1 atom stereocenters. The predicted octanol–water partition coefficient (Wildman–Crippen LogP) is 1.90. The van der Waals surface area contributed by atoms with Crippen LogP contribution >= 0.6 is 0 Å². The summed E-state index contributed by atoms with van der Waals surface area (Å²) >= 11 is 0. The van der Waals surface area contributed by atoms with Crippen LogP contribution in [0.1, 0.15) is 12.5 Å². The molecule has 0 saturated carbocycles. The van der Waals surface area contributed by atoms with Crippen molar-refractivity contribution in [3.8, 4) is 5.75 Å². The summed E-state index contributed by atoms with van der Waals surface area (Å²) in [7, 11) is 0. The highest BCUT2D eigenvalue weighted by molar-refractivity contribution is 5.81.